The zero-order valence-electron chi connectivity index (χ0n) is 8.26. The first-order valence-electron chi connectivity index (χ1n) is 4.03. The molecule has 3 nitrogen and oxygen atoms in total. The smallest absolute Gasteiger partial charge is 0.341 e. The van der Waals surface area contributed by atoms with Crippen molar-refractivity contribution in [2.75, 3.05) is 14.2 Å². The highest BCUT2D eigenvalue weighted by molar-refractivity contribution is 5.92. The summed E-state index contributed by atoms with van der Waals surface area (Å²) in [6.07, 6.45) is 0. The summed E-state index contributed by atoms with van der Waals surface area (Å²) in [4.78, 5) is 11.2. The molecule has 0 unspecified atom stereocenters. The molecule has 0 aromatic heterocycles. The molecule has 0 bridgehead atoms. The van der Waals surface area contributed by atoms with Crippen molar-refractivity contribution in [3.63, 3.8) is 0 Å². The van der Waals surface area contributed by atoms with Crippen LogP contribution in [0.2, 0.25) is 0 Å². The molecule has 4 heteroatoms. The van der Waals surface area contributed by atoms with Crippen LogP contribution in [0.25, 0.3) is 0 Å². The molecule has 1 aromatic carbocycles. The molecule has 0 aliphatic rings. The molecule has 0 heterocycles. The maximum atomic E-state index is 13.1. The van der Waals surface area contributed by atoms with Crippen LogP contribution in [0.15, 0.2) is 12.1 Å². The fourth-order valence-electron chi connectivity index (χ4n) is 1.20. The van der Waals surface area contributed by atoms with E-state index in [1.165, 1.54) is 26.4 Å². The number of ether oxygens (including phenoxy) is 2. The molecule has 0 spiro atoms. The molecule has 0 radical (unpaired) electrons. The van der Waals surface area contributed by atoms with E-state index in [0.29, 0.717) is 5.56 Å². The van der Waals surface area contributed by atoms with Gasteiger partial charge in [0.2, 0.25) is 0 Å². The highest BCUT2D eigenvalue weighted by Gasteiger charge is 2.16. The van der Waals surface area contributed by atoms with Crippen molar-refractivity contribution in [3.05, 3.63) is 29.1 Å². The number of methoxy groups -OCH3 is 2. The van der Waals surface area contributed by atoms with Gasteiger partial charge in [0.1, 0.15) is 17.1 Å². The second kappa shape index (κ2) is 4.09. The number of benzene rings is 1. The Morgan fingerprint density at radius 2 is 2.00 bits per heavy atom. The summed E-state index contributed by atoms with van der Waals surface area (Å²) in [5.74, 6) is -0.726. The first-order chi connectivity index (χ1) is 6.61. The van der Waals surface area contributed by atoms with Crippen LogP contribution in [0.4, 0.5) is 4.39 Å². The topological polar surface area (TPSA) is 35.5 Å². The number of carbonyl (C=O) groups is 1. The van der Waals surface area contributed by atoms with Crippen LogP contribution < -0.4 is 4.74 Å². The Morgan fingerprint density at radius 3 is 2.50 bits per heavy atom. The van der Waals surface area contributed by atoms with Crippen LogP contribution >= 0.6 is 0 Å². The molecule has 1 rings (SSSR count). The lowest BCUT2D eigenvalue weighted by Crippen LogP contribution is -2.06. The highest BCUT2D eigenvalue weighted by Crippen LogP contribution is 2.25. The van der Waals surface area contributed by atoms with Gasteiger partial charge in [-0.05, 0) is 19.1 Å². The standard InChI is InChI=1S/C10H11FO3/c1-6-8(11)5-4-7(9(6)13-2)10(12)14-3/h4-5H,1-3H3. The minimum Gasteiger partial charge on any atom is -0.495 e. The first-order valence-corrected chi connectivity index (χ1v) is 4.03. The van der Waals surface area contributed by atoms with E-state index in [1.807, 2.05) is 0 Å². The van der Waals surface area contributed by atoms with Crippen molar-refractivity contribution in [3.8, 4) is 5.75 Å². The van der Waals surface area contributed by atoms with Crippen molar-refractivity contribution in [1.29, 1.82) is 0 Å². The predicted molar refractivity (Wildman–Crippen MR) is 49.0 cm³/mol. The van der Waals surface area contributed by atoms with Gasteiger partial charge in [0, 0.05) is 5.56 Å². The summed E-state index contributed by atoms with van der Waals surface area (Å²) in [6, 6.07) is 2.55. The molecule has 0 amide bonds. The van der Waals surface area contributed by atoms with Crippen LogP contribution in [0.1, 0.15) is 15.9 Å². The zero-order chi connectivity index (χ0) is 10.7. The number of hydrogen-bond donors (Lipinski definition) is 0. The third kappa shape index (κ3) is 1.69. The Hall–Kier alpha value is -1.58. The summed E-state index contributed by atoms with van der Waals surface area (Å²) >= 11 is 0. The van der Waals surface area contributed by atoms with E-state index in [4.69, 9.17) is 4.74 Å². The maximum Gasteiger partial charge on any atom is 0.341 e. The van der Waals surface area contributed by atoms with Crippen molar-refractivity contribution in [1.82, 2.24) is 0 Å². The number of halogens is 1. The third-order valence-corrected chi connectivity index (χ3v) is 1.95. The fraction of sp³-hybridized carbons (Fsp3) is 0.300. The SMILES string of the molecule is COC(=O)c1ccc(F)c(C)c1OC. The summed E-state index contributed by atoms with van der Waals surface area (Å²) in [6.45, 7) is 1.54. The van der Waals surface area contributed by atoms with E-state index in [9.17, 15) is 9.18 Å². The molecule has 14 heavy (non-hydrogen) atoms. The van der Waals surface area contributed by atoms with E-state index >= 15 is 0 Å². The second-order valence-corrected chi connectivity index (χ2v) is 2.74. The highest BCUT2D eigenvalue weighted by atomic mass is 19.1. The number of esters is 1. The van der Waals surface area contributed by atoms with E-state index in [0.717, 1.165) is 0 Å². The Balaban J connectivity index is 3.31. The maximum absolute atomic E-state index is 13.1. The molecule has 1 aromatic rings. The zero-order valence-corrected chi connectivity index (χ0v) is 8.26. The van der Waals surface area contributed by atoms with Gasteiger partial charge in [-0.3, -0.25) is 0 Å². The van der Waals surface area contributed by atoms with E-state index < -0.39 is 11.8 Å². The first kappa shape index (κ1) is 10.5. The molecule has 0 aliphatic heterocycles. The quantitative estimate of drug-likeness (QED) is 0.681. The van der Waals surface area contributed by atoms with Gasteiger partial charge >= 0.3 is 5.97 Å². The summed E-state index contributed by atoms with van der Waals surface area (Å²) < 4.78 is 22.6. The summed E-state index contributed by atoms with van der Waals surface area (Å²) in [7, 11) is 2.65. The van der Waals surface area contributed by atoms with Gasteiger partial charge in [0.05, 0.1) is 14.2 Å². The predicted octanol–water partition coefficient (Wildman–Crippen LogP) is 1.93. The Labute approximate surface area is 81.4 Å². The van der Waals surface area contributed by atoms with Gasteiger partial charge in [-0.1, -0.05) is 0 Å². The van der Waals surface area contributed by atoms with Crippen LogP contribution in [0, 0.1) is 12.7 Å². The Kier molecular flexibility index (Phi) is 3.06. The fourth-order valence-corrected chi connectivity index (χ4v) is 1.20. The number of hydrogen-bond acceptors (Lipinski definition) is 3. The number of carbonyl (C=O) groups excluding carboxylic acids is 1. The molecule has 76 valence electrons. The van der Waals surface area contributed by atoms with Gasteiger partial charge in [-0.2, -0.15) is 0 Å². The lowest BCUT2D eigenvalue weighted by Gasteiger charge is -2.09. The lowest BCUT2D eigenvalue weighted by molar-refractivity contribution is 0.0597. The third-order valence-electron chi connectivity index (χ3n) is 1.95. The minimum atomic E-state index is -0.537. The average Bonchev–Trinajstić information content (AvgIpc) is 2.20. The van der Waals surface area contributed by atoms with Crippen LogP contribution in [-0.2, 0) is 4.74 Å². The van der Waals surface area contributed by atoms with E-state index in [-0.39, 0.29) is 11.3 Å². The van der Waals surface area contributed by atoms with Gasteiger partial charge in [-0.25, -0.2) is 9.18 Å². The molecule has 0 saturated heterocycles. The summed E-state index contributed by atoms with van der Waals surface area (Å²) in [5, 5.41) is 0. The molecule has 0 saturated carbocycles. The minimum absolute atomic E-state index is 0.219. The molecular weight excluding hydrogens is 187 g/mol. The molecule has 0 aliphatic carbocycles. The van der Waals surface area contributed by atoms with Crippen molar-refractivity contribution >= 4 is 5.97 Å². The summed E-state index contributed by atoms with van der Waals surface area (Å²) in [5.41, 5.74) is 0.532. The molecule has 0 N–H and O–H groups in total. The van der Waals surface area contributed by atoms with Crippen molar-refractivity contribution in [2.24, 2.45) is 0 Å². The van der Waals surface area contributed by atoms with Crippen molar-refractivity contribution in [2.45, 2.75) is 6.92 Å². The van der Waals surface area contributed by atoms with E-state index in [1.54, 1.807) is 6.92 Å². The average molecular weight is 198 g/mol. The van der Waals surface area contributed by atoms with E-state index in [2.05, 4.69) is 4.74 Å². The van der Waals surface area contributed by atoms with Crippen LogP contribution in [0.3, 0.4) is 0 Å². The molecule has 0 atom stereocenters. The van der Waals surface area contributed by atoms with Gasteiger partial charge in [0.25, 0.3) is 0 Å². The van der Waals surface area contributed by atoms with Gasteiger partial charge in [-0.15, -0.1) is 0 Å². The number of rotatable bonds is 2. The Morgan fingerprint density at radius 1 is 1.36 bits per heavy atom. The van der Waals surface area contributed by atoms with Gasteiger partial charge in [0.15, 0.2) is 0 Å². The normalized spacial score (nSPS) is 9.71. The van der Waals surface area contributed by atoms with Gasteiger partial charge < -0.3 is 9.47 Å². The van der Waals surface area contributed by atoms with Crippen molar-refractivity contribution < 1.29 is 18.7 Å². The van der Waals surface area contributed by atoms with Crippen LogP contribution in [-0.4, -0.2) is 20.2 Å². The monoisotopic (exact) mass is 198 g/mol. The second-order valence-electron chi connectivity index (χ2n) is 2.74. The molecule has 0 fully saturated rings. The molecular formula is C10H11FO3. The largest absolute Gasteiger partial charge is 0.495 e. The van der Waals surface area contributed by atoms with Crippen LogP contribution in [0.5, 0.6) is 5.75 Å². The lowest BCUT2D eigenvalue weighted by atomic mass is 10.1. The Bertz CT molecular complexity index is 361.